The molecular formula is C17H19F3N2O3. The molecule has 2 fully saturated rings. The van der Waals surface area contributed by atoms with Gasteiger partial charge in [-0.2, -0.15) is 13.2 Å². The van der Waals surface area contributed by atoms with Crippen molar-refractivity contribution < 1.29 is 27.5 Å². The van der Waals surface area contributed by atoms with Gasteiger partial charge in [0.05, 0.1) is 5.56 Å². The van der Waals surface area contributed by atoms with E-state index in [9.17, 15) is 22.8 Å². The molecule has 2 N–H and O–H groups in total. The van der Waals surface area contributed by atoms with Gasteiger partial charge in [0.1, 0.15) is 6.10 Å². The van der Waals surface area contributed by atoms with Gasteiger partial charge in [0.25, 0.3) is 5.91 Å². The van der Waals surface area contributed by atoms with Crippen molar-refractivity contribution in [3.8, 4) is 0 Å². The van der Waals surface area contributed by atoms with Crippen LogP contribution < -0.4 is 5.73 Å². The van der Waals surface area contributed by atoms with Gasteiger partial charge in [-0.1, -0.05) is 6.07 Å². The summed E-state index contributed by atoms with van der Waals surface area (Å²) in [6.45, 7) is 0.289. The van der Waals surface area contributed by atoms with E-state index in [2.05, 4.69) is 0 Å². The highest BCUT2D eigenvalue weighted by Crippen LogP contribution is 2.35. The van der Waals surface area contributed by atoms with E-state index < -0.39 is 29.7 Å². The number of carbonyl (C=O) groups is 2. The van der Waals surface area contributed by atoms with Crippen molar-refractivity contribution in [2.45, 2.75) is 50.0 Å². The van der Waals surface area contributed by atoms with Crippen LogP contribution in [0, 0.1) is 0 Å². The smallest absolute Gasteiger partial charge is 0.368 e. The summed E-state index contributed by atoms with van der Waals surface area (Å²) in [5.41, 5.74) is 4.44. The molecule has 25 heavy (non-hydrogen) atoms. The van der Waals surface area contributed by atoms with Crippen LogP contribution in [0.15, 0.2) is 24.3 Å². The number of nitrogens with two attached hydrogens (primary N) is 1. The highest BCUT2D eigenvalue weighted by atomic mass is 19.4. The Bertz CT molecular complexity index is 673. The Morgan fingerprint density at radius 1 is 1.16 bits per heavy atom. The van der Waals surface area contributed by atoms with Gasteiger partial charge in [-0.15, -0.1) is 0 Å². The third-order valence-electron chi connectivity index (χ3n) is 4.58. The van der Waals surface area contributed by atoms with Crippen molar-refractivity contribution in [2.24, 2.45) is 5.73 Å². The SMILES string of the molecule is NC(=O)C1CC(N(C(=O)c2cccc(C(F)(F)F)c2)C2CC2)CCO1. The zero-order chi connectivity index (χ0) is 18.2. The summed E-state index contributed by atoms with van der Waals surface area (Å²) in [5.74, 6) is -1.03. The summed E-state index contributed by atoms with van der Waals surface area (Å²) in [4.78, 5) is 25.9. The molecule has 1 saturated carbocycles. The molecule has 1 aliphatic heterocycles. The normalized spacial score (nSPS) is 24.0. The number of primary amides is 1. The standard InChI is InChI=1S/C17H19F3N2O3/c18-17(19,20)11-3-1-2-10(8-11)16(24)22(12-4-5-12)13-6-7-25-14(9-13)15(21)23/h1-3,8,12-14H,4-7,9H2,(H2,21,23). The number of alkyl halides is 3. The van der Waals surface area contributed by atoms with Gasteiger partial charge >= 0.3 is 6.18 Å². The first kappa shape index (κ1) is 17.7. The monoisotopic (exact) mass is 356 g/mol. The quantitative estimate of drug-likeness (QED) is 0.900. The van der Waals surface area contributed by atoms with Gasteiger partial charge in [-0.25, -0.2) is 0 Å². The molecular weight excluding hydrogens is 337 g/mol. The molecule has 1 saturated heterocycles. The number of carbonyl (C=O) groups excluding carboxylic acids is 2. The van der Waals surface area contributed by atoms with Crippen LogP contribution in [0.2, 0.25) is 0 Å². The van der Waals surface area contributed by atoms with E-state index in [4.69, 9.17) is 10.5 Å². The Hall–Kier alpha value is -2.09. The van der Waals surface area contributed by atoms with Gasteiger partial charge in [0, 0.05) is 30.7 Å². The Labute approximate surface area is 142 Å². The lowest BCUT2D eigenvalue weighted by Crippen LogP contribution is -2.49. The third-order valence-corrected chi connectivity index (χ3v) is 4.58. The van der Waals surface area contributed by atoms with Gasteiger partial charge in [0.15, 0.2) is 0 Å². The van der Waals surface area contributed by atoms with E-state index in [1.54, 1.807) is 4.90 Å². The lowest BCUT2D eigenvalue weighted by molar-refractivity contribution is -0.137. The fourth-order valence-electron chi connectivity index (χ4n) is 3.19. The lowest BCUT2D eigenvalue weighted by Gasteiger charge is -2.37. The molecule has 2 aliphatic rings. The number of ether oxygens (including phenoxy) is 1. The molecule has 2 atom stereocenters. The topological polar surface area (TPSA) is 72.6 Å². The van der Waals surface area contributed by atoms with Crippen molar-refractivity contribution in [1.82, 2.24) is 4.90 Å². The molecule has 0 bridgehead atoms. The van der Waals surface area contributed by atoms with Crippen LogP contribution in [-0.4, -0.2) is 41.5 Å². The van der Waals surface area contributed by atoms with Crippen molar-refractivity contribution in [3.05, 3.63) is 35.4 Å². The van der Waals surface area contributed by atoms with E-state index in [1.807, 2.05) is 0 Å². The summed E-state index contributed by atoms with van der Waals surface area (Å²) in [6, 6.07) is 4.17. The van der Waals surface area contributed by atoms with Gasteiger partial charge < -0.3 is 15.4 Å². The predicted octanol–water partition coefficient (Wildman–Crippen LogP) is 2.34. The third kappa shape index (κ3) is 3.95. The maximum Gasteiger partial charge on any atom is 0.416 e. The van der Waals surface area contributed by atoms with Crippen LogP contribution in [0.3, 0.4) is 0 Å². The van der Waals surface area contributed by atoms with Gasteiger partial charge in [-0.3, -0.25) is 9.59 Å². The van der Waals surface area contributed by atoms with E-state index in [0.29, 0.717) is 6.42 Å². The number of rotatable bonds is 4. The number of hydrogen-bond acceptors (Lipinski definition) is 3. The Kier molecular flexibility index (Phi) is 4.73. The minimum atomic E-state index is -4.50. The van der Waals surface area contributed by atoms with Gasteiger partial charge in [0.2, 0.25) is 5.91 Å². The maximum absolute atomic E-state index is 12.9. The Morgan fingerprint density at radius 3 is 2.48 bits per heavy atom. The second kappa shape index (κ2) is 6.67. The average Bonchev–Trinajstić information content (AvgIpc) is 3.39. The maximum atomic E-state index is 12.9. The summed E-state index contributed by atoms with van der Waals surface area (Å²) >= 11 is 0. The first-order valence-electron chi connectivity index (χ1n) is 8.18. The fourth-order valence-corrected chi connectivity index (χ4v) is 3.19. The first-order chi connectivity index (χ1) is 11.8. The molecule has 2 amide bonds. The van der Waals surface area contributed by atoms with Crippen molar-refractivity contribution >= 4 is 11.8 Å². The number of benzene rings is 1. The minimum Gasteiger partial charge on any atom is -0.368 e. The average molecular weight is 356 g/mol. The van der Waals surface area contributed by atoms with E-state index in [1.165, 1.54) is 12.1 Å². The summed E-state index contributed by atoms with van der Waals surface area (Å²) in [6.07, 6.45) is -2.85. The highest BCUT2D eigenvalue weighted by Gasteiger charge is 2.41. The number of nitrogens with zero attached hydrogens (tertiary/aromatic N) is 1. The Balaban J connectivity index is 1.84. The minimum absolute atomic E-state index is 0.00123. The van der Waals surface area contributed by atoms with Crippen molar-refractivity contribution in [3.63, 3.8) is 0 Å². The summed E-state index contributed by atoms with van der Waals surface area (Å²) in [7, 11) is 0. The van der Waals surface area contributed by atoms with E-state index >= 15 is 0 Å². The Morgan fingerprint density at radius 2 is 1.88 bits per heavy atom. The van der Waals surface area contributed by atoms with Crippen molar-refractivity contribution in [1.29, 1.82) is 0 Å². The molecule has 1 aromatic carbocycles. The van der Waals surface area contributed by atoms with Crippen LogP contribution in [0.25, 0.3) is 0 Å². The molecule has 8 heteroatoms. The zero-order valence-electron chi connectivity index (χ0n) is 13.5. The first-order valence-corrected chi connectivity index (χ1v) is 8.18. The van der Waals surface area contributed by atoms with E-state index in [-0.39, 0.29) is 30.7 Å². The number of halogens is 3. The second-order valence-corrected chi connectivity index (χ2v) is 6.46. The zero-order valence-corrected chi connectivity index (χ0v) is 13.5. The number of hydrogen-bond donors (Lipinski definition) is 1. The molecule has 2 unspecified atom stereocenters. The molecule has 136 valence electrons. The van der Waals surface area contributed by atoms with Crippen LogP contribution in [0.5, 0.6) is 0 Å². The lowest BCUT2D eigenvalue weighted by atomic mass is 9.99. The predicted molar refractivity (Wildman–Crippen MR) is 82.6 cm³/mol. The highest BCUT2D eigenvalue weighted by molar-refractivity contribution is 5.95. The molecule has 3 rings (SSSR count). The number of amides is 2. The van der Waals surface area contributed by atoms with Crippen LogP contribution in [-0.2, 0) is 15.7 Å². The van der Waals surface area contributed by atoms with Crippen LogP contribution in [0.4, 0.5) is 13.2 Å². The van der Waals surface area contributed by atoms with Crippen LogP contribution >= 0.6 is 0 Å². The molecule has 0 spiro atoms. The molecule has 1 heterocycles. The van der Waals surface area contributed by atoms with Gasteiger partial charge in [-0.05, 0) is 37.5 Å². The molecule has 0 radical (unpaired) electrons. The van der Waals surface area contributed by atoms with Crippen molar-refractivity contribution in [2.75, 3.05) is 6.61 Å². The molecule has 1 aromatic rings. The largest absolute Gasteiger partial charge is 0.416 e. The summed E-state index contributed by atoms with van der Waals surface area (Å²) < 4.78 is 44.0. The molecule has 0 aromatic heterocycles. The molecule has 1 aliphatic carbocycles. The van der Waals surface area contributed by atoms with Crippen LogP contribution in [0.1, 0.15) is 41.6 Å². The second-order valence-electron chi connectivity index (χ2n) is 6.46. The van der Waals surface area contributed by atoms with E-state index in [0.717, 1.165) is 25.0 Å². The molecule has 5 nitrogen and oxygen atoms in total. The fraction of sp³-hybridized carbons (Fsp3) is 0.529. The summed E-state index contributed by atoms with van der Waals surface area (Å²) in [5, 5.41) is 0.